The topological polar surface area (TPSA) is 108 Å². The first-order valence-electron chi connectivity index (χ1n) is 9.89. The van der Waals surface area contributed by atoms with Gasteiger partial charge < -0.3 is 18.9 Å². The Morgan fingerprint density at radius 3 is 2.38 bits per heavy atom. The lowest BCUT2D eigenvalue weighted by atomic mass is 10.0. The number of ether oxygens (including phenoxy) is 4. The SMILES string of the molecule is CCOc1cc(C(CC(=O)OC)N2C(=O)c3cccc(OC(C)=O)c3C2=O)ccc1OC. The van der Waals surface area contributed by atoms with Gasteiger partial charge >= 0.3 is 11.9 Å². The van der Waals surface area contributed by atoms with Gasteiger partial charge in [-0.1, -0.05) is 12.1 Å². The number of imide groups is 1. The van der Waals surface area contributed by atoms with Crippen molar-refractivity contribution in [2.75, 3.05) is 20.8 Å². The molecule has 1 heterocycles. The summed E-state index contributed by atoms with van der Waals surface area (Å²) in [5.74, 6) is -1.67. The molecule has 0 aromatic heterocycles. The van der Waals surface area contributed by atoms with Crippen LogP contribution in [0.2, 0.25) is 0 Å². The van der Waals surface area contributed by atoms with Crippen LogP contribution in [0.3, 0.4) is 0 Å². The molecule has 3 rings (SSSR count). The van der Waals surface area contributed by atoms with Gasteiger partial charge in [0.1, 0.15) is 5.75 Å². The Kier molecular flexibility index (Phi) is 6.77. The minimum Gasteiger partial charge on any atom is -0.493 e. The zero-order chi connectivity index (χ0) is 23.4. The summed E-state index contributed by atoms with van der Waals surface area (Å²) in [6, 6.07) is 8.33. The van der Waals surface area contributed by atoms with Crippen molar-refractivity contribution in [3.63, 3.8) is 0 Å². The number of nitrogens with zero attached hydrogens (tertiary/aromatic N) is 1. The normalized spacial score (nSPS) is 13.4. The standard InChI is InChI=1S/C23H23NO8/c1-5-31-19-11-14(9-10-17(19)29-3)16(12-20(26)30-4)24-22(27)15-7-6-8-18(32-13(2)25)21(15)23(24)28/h6-11,16H,5,12H2,1-4H3. The molecule has 2 aromatic rings. The number of benzene rings is 2. The van der Waals surface area contributed by atoms with E-state index in [0.717, 1.165) is 4.90 Å². The number of hydrogen-bond donors (Lipinski definition) is 0. The molecule has 1 aliphatic rings. The maximum absolute atomic E-state index is 13.3. The zero-order valence-corrected chi connectivity index (χ0v) is 18.2. The van der Waals surface area contributed by atoms with E-state index < -0.39 is 29.8 Å². The summed E-state index contributed by atoms with van der Waals surface area (Å²) in [6.07, 6.45) is -0.275. The van der Waals surface area contributed by atoms with Crippen LogP contribution in [0, 0.1) is 0 Å². The first kappa shape index (κ1) is 22.8. The van der Waals surface area contributed by atoms with E-state index in [1.807, 2.05) is 0 Å². The van der Waals surface area contributed by atoms with Crippen molar-refractivity contribution in [1.29, 1.82) is 0 Å². The molecule has 0 N–H and O–H groups in total. The van der Waals surface area contributed by atoms with Crippen molar-refractivity contribution in [2.45, 2.75) is 26.3 Å². The Morgan fingerprint density at radius 1 is 1.00 bits per heavy atom. The number of carbonyl (C=O) groups is 4. The summed E-state index contributed by atoms with van der Waals surface area (Å²) in [4.78, 5) is 51.2. The van der Waals surface area contributed by atoms with E-state index in [-0.39, 0.29) is 23.3 Å². The summed E-state index contributed by atoms with van der Waals surface area (Å²) < 4.78 is 20.8. The van der Waals surface area contributed by atoms with E-state index >= 15 is 0 Å². The van der Waals surface area contributed by atoms with Crippen LogP contribution in [0.15, 0.2) is 36.4 Å². The highest BCUT2D eigenvalue weighted by Gasteiger charge is 2.43. The molecule has 1 unspecified atom stereocenters. The first-order valence-corrected chi connectivity index (χ1v) is 9.89. The van der Waals surface area contributed by atoms with Gasteiger partial charge in [0.2, 0.25) is 0 Å². The fourth-order valence-electron chi connectivity index (χ4n) is 3.56. The maximum Gasteiger partial charge on any atom is 0.308 e. The molecule has 0 saturated heterocycles. The minimum atomic E-state index is -0.981. The third-order valence-electron chi connectivity index (χ3n) is 4.93. The number of rotatable bonds is 8. The molecule has 0 radical (unpaired) electrons. The van der Waals surface area contributed by atoms with Crippen molar-refractivity contribution >= 4 is 23.8 Å². The molecule has 0 bridgehead atoms. The highest BCUT2D eigenvalue weighted by atomic mass is 16.5. The Labute approximate surface area is 184 Å². The summed E-state index contributed by atoms with van der Waals surface area (Å²) in [5.41, 5.74) is 0.534. The molecule has 0 fully saturated rings. The Bertz CT molecular complexity index is 1080. The van der Waals surface area contributed by atoms with Gasteiger partial charge in [-0.25, -0.2) is 0 Å². The van der Waals surface area contributed by atoms with Gasteiger partial charge in [-0.15, -0.1) is 0 Å². The van der Waals surface area contributed by atoms with Crippen molar-refractivity contribution < 1.29 is 38.1 Å². The van der Waals surface area contributed by atoms with Crippen molar-refractivity contribution in [3.8, 4) is 17.2 Å². The molecule has 9 nitrogen and oxygen atoms in total. The second kappa shape index (κ2) is 9.51. The van der Waals surface area contributed by atoms with Crippen LogP contribution >= 0.6 is 0 Å². The number of hydrogen-bond acceptors (Lipinski definition) is 8. The summed E-state index contributed by atoms with van der Waals surface area (Å²) in [7, 11) is 2.71. The predicted octanol–water partition coefficient (Wildman–Crippen LogP) is 2.92. The number of fused-ring (bicyclic) bond motifs is 1. The lowest BCUT2D eigenvalue weighted by Crippen LogP contribution is -2.35. The van der Waals surface area contributed by atoms with Crippen molar-refractivity contribution in [1.82, 2.24) is 4.90 Å². The molecule has 9 heteroatoms. The average molecular weight is 441 g/mol. The van der Waals surface area contributed by atoms with Gasteiger partial charge in [-0.2, -0.15) is 0 Å². The minimum absolute atomic E-state index is 0.0163. The summed E-state index contributed by atoms with van der Waals surface area (Å²) in [6.45, 7) is 3.37. The Morgan fingerprint density at radius 2 is 1.75 bits per heavy atom. The average Bonchev–Trinajstić information content (AvgIpc) is 3.02. The second-order valence-corrected chi connectivity index (χ2v) is 6.89. The van der Waals surface area contributed by atoms with Gasteiger partial charge in [0.25, 0.3) is 11.8 Å². The van der Waals surface area contributed by atoms with E-state index in [2.05, 4.69) is 0 Å². The van der Waals surface area contributed by atoms with Crippen LogP contribution in [0.1, 0.15) is 52.6 Å². The number of esters is 2. The molecular formula is C23H23NO8. The molecule has 32 heavy (non-hydrogen) atoms. The molecule has 0 aliphatic carbocycles. The maximum atomic E-state index is 13.3. The van der Waals surface area contributed by atoms with Crippen LogP contribution in [-0.4, -0.2) is 49.5 Å². The van der Waals surface area contributed by atoms with Gasteiger partial charge in [0.05, 0.1) is 44.4 Å². The fraction of sp³-hybridized carbons (Fsp3) is 0.304. The van der Waals surface area contributed by atoms with Crippen LogP contribution in [0.25, 0.3) is 0 Å². The van der Waals surface area contributed by atoms with Crippen LogP contribution in [-0.2, 0) is 14.3 Å². The third kappa shape index (κ3) is 4.27. The largest absolute Gasteiger partial charge is 0.493 e. The number of methoxy groups -OCH3 is 2. The van der Waals surface area contributed by atoms with Crippen molar-refractivity contribution in [3.05, 3.63) is 53.1 Å². The quantitative estimate of drug-likeness (QED) is 0.350. The highest BCUT2D eigenvalue weighted by molar-refractivity contribution is 6.23. The van der Waals surface area contributed by atoms with Crippen LogP contribution in [0.4, 0.5) is 0 Å². The molecule has 0 saturated carbocycles. The van der Waals surface area contributed by atoms with Gasteiger partial charge in [-0.3, -0.25) is 24.1 Å². The lowest BCUT2D eigenvalue weighted by Gasteiger charge is -2.26. The first-order chi connectivity index (χ1) is 15.3. The van der Waals surface area contributed by atoms with Gasteiger partial charge in [-0.05, 0) is 36.8 Å². The van der Waals surface area contributed by atoms with E-state index in [1.54, 1.807) is 25.1 Å². The van der Waals surface area contributed by atoms with Gasteiger partial charge in [0, 0.05) is 6.92 Å². The van der Waals surface area contributed by atoms with E-state index in [0.29, 0.717) is 23.7 Å². The van der Waals surface area contributed by atoms with Crippen LogP contribution in [0.5, 0.6) is 17.2 Å². The second-order valence-electron chi connectivity index (χ2n) is 6.89. The summed E-state index contributed by atoms with van der Waals surface area (Å²) >= 11 is 0. The molecule has 2 amide bonds. The van der Waals surface area contributed by atoms with Gasteiger partial charge in [0.15, 0.2) is 11.5 Å². The number of carbonyl (C=O) groups excluding carboxylic acids is 4. The zero-order valence-electron chi connectivity index (χ0n) is 18.2. The summed E-state index contributed by atoms with van der Waals surface area (Å²) in [5, 5.41) is 0. The molecular weight excluding hydrogens is 418 g/mol. The molecule has 1 aliphatic heterocycles. The Hall–Kier alpha value is -3.88. The predicted molar refractivity (Wildman–Crippen MR) is 112 cm³/mol. The molecule has 168 valence electrons. The highest BCUT2D eigenvalue weighted by Crippen LogP contribution is 2.40. The lowest BCUT2D eigenvalue weighted by molar-refractivity contribution is -0.141. The molecule has 0 spiro atoms. The monoisotopic (exact) mass is 441 g/mol. The van der Waals surface area contributed by atoms with E-state index in [1.165, 1.54) is 39.3 Å². The fourth-order valence-corrected chi connectivity index (χ4v) is 3.56. The molecule has 1 atom stereocenters. The number of amides is 2. The van der Waals surface area contributed by atoms with E-state index in [4.69, 9.17) is 18.9 Å². The van der Waals surface area contributed by atoms with Crippen molar-refractivity contribution in [2.24, 2.45) is 0 Å². The Balaban J connectivity index is 2.10. The van der Waals surface area contributed by atoms with Crippen LogP contribution < -0.4 is 14.2 Å². The van der Waals surface area contributed by atoms with E-state index in [9.17, 15) is 19.2 Å². The smallest absolute Gasteiger partial charge is 0.308 e. The third-order valence-corrected chi connectivity index (χ3v) is 4.93. The molecule has 2 aromatic carbocycles.